The van der Waals surface area contributed by atoms with Crippen molar-refractivity contribution in [3.05, 3.63) is 27.7 Å². The quantitative estimate of drug-likeness (QED) is 0.899. The van der Waals surface area contributed by atoms with Crippen LogP contribution in [0.15, 0.2) is 16.6 Å². The number of benzene rings is 1. The molecule has 6 heteroatoms. The van der Waals surface area contributed by atoms with E-state index in [4.69, 9.17) is 0 Å². The zero-order valence-corrected chi connectivity index (χ0v) is 13.5. The Morgan fingerprint density at radius 1 is 1.17 bits per heavy atom. The molecule has 0 aliphatic rings. The molecule has 1 rings (SSSR count). The maximum absolute atomic E-state index is 12.2. The highest BCUT2D eigenvalue weighted by molar-refractivity contribution is 9.10. The molecule has 0 aliphatic heterocycles. The van der Waals surface area contributed by atoms with Crippen LogP contribution in [0.3, 0.4) is 0 Å². The lowest BCUT2D eigenvalue weighted by molar-refractivity contribution is 0.449. The van der Waals surface area contributed by atoms with Gasteiger partial charge in [-0.25, -0.2) is 0 Å². The number of anilines is 1. The first-order valence-electron chi connectivity index (χ1n) is 5.86. The van der Waals surface area contributed by atoms with Crippen LogP contribution in [0.25, 0.3) is 0 Å². The molecule has 0 unspecified atom stereocenters. The highest BCUT2D eigenvalue weighted by Gasteiger charge is 2.20. The van der Waals surface area contributed by atoms with Gasteiger partial charge in [0.25, 0.3) is 0 Å². The van der Waals surface area contributed by atoms with E-state index >= 15 is 0 Å². The van der Waals surface area contributed by atoms with Crippen molar-refractivity contribution in [1.29, 1.82) is 0 Å². The molecule has 0 aliphatic carbocycles. The van der Waals surface area contributed by atoms with E-state index in [1.165, 1.54) is 4.31 Å². The summed E-state index contributed by atoms with van der Waals surface area (Å²) in [6.07, 6.45) is 0. The smallest absolute Gasteiger partial charge is 0.270 e. The number of halogens is 1. The average Bonchev–Trinajstić information content (AvgIpc) is 2.24. The molecule has 102 valence electrons. The fourth-order valence-electron chi connectivity index (χ4n) is 1.83. The van der Waals surface area contributed by atoms with E-state index in [2.05, 4.69) is 20.7 Å². The van der Waals surface area contributed by atoms with Gasteiger partial charge in [0.05, 0.1) is 5.69 Å². The normalized spacial score (nSPS) is 11.9. The fourth-order valence-corrected chi connectivity index (χ4v) is 3.90. The number of hydrogen-bond acceptors (Lipinski definition) is 2. The summed E-state index contributed by atoms with van der Waals surface area (Å²) >= 11 is 3.40. The SMILES string of the molecule is CCN(CC)S(=O)(=O)Nc1c(C)cc(Br)cc1C. The van der Waals surface area contributed by atoms with E-state index in [1.807, 2.05) is 39.8 Å². The second-order valence-electron chi connectivity index (χ2n) is 4.11. The molecule has 0 saturated heterocycles. The summed E-state index contributed by atoms with van der Waals surface area (Å²) in [4.78, 5) is 0. The lowest BCUT2D eigenvalue weighted by Gasteiger charge is -2.21. The molecule has 0 spiro atoms. The predicted octanol–water partition coefficient (Wildman–Crippen LogP) is 3.06. The third-order valence-corrected chi connectivity index (χ3v) is 4.89. The van der Waals surface area contributed by atoms with Crippen molar-refractivity contribution in [2.24, 2.45) is 0 Å². The van der Waals surface area contributed by atoms with Gasteiger partial charge in [-0.1, -0.05) is 29.8 Å². The molecule has 0 aromatic heterocycles. The van der Waals surface area contributed by atoms with Crippen molar-refractivity contribution < 1.29 is 8.42 Å². The average molecular weight is 335 g/mol. The molecular weight excluding hydrogens is 316 g/mol. The van der Waals surface area contributed by atoms with Crippen molar-refractivity contribution in [2.75, 3.05) is 17.8 Å². The number of nitrogens with one attached hydrogen (secondary N) is 1. The highest BCUT2D eigenvalue weighted by atomic mass is 79.9. The topological polar surface area (TPSA) is 49.4 Å². The Balaban J connectivity index is 3.12. The van der Waals surface area contributed by atoms with Crippen molar-refractivity contribution >= 4 is 31.8 Å². The monoisotopic (exact) mass is 334 g/mol. The molecule has 1 N–H and O–H groups in total. The van der Waals surface area contributed by atoms with Crippen LogP contribution in [0, 0.1) is 13.8 Å². The van der Waals surface area contributed by atoms with Crippen molar-refractivity contribution in [3.8, 4) is 0 Å². The van der Waals surface area contributed by atoms with E-state index in [0.29, 0.717) is 18.8 Å². The predicted molar refractivity (Wildman–Crippen MR) is 79.1 cm³/mol. The van der Waals surface area contributed by atoms with E-state index in [0.717, 1.165) is 15.6 Å². The van der Waals surface area contributed by atoms with Gasteiger partial charge < -0.3 is 0 Å². The van der Waals surface area contributed by atoms with Crippen molar-refractivity contribution in [2.45, 2.75) is 27.7 Å². The Morgan fingerprint density at radius 2 is 1.61 bits per heavy atom. The molecule has 0 heterocycles. The Bertz CT molecular complexity index is 502. The van der Waals surface area contributed by atoms with Gasteiger partial charge in [0.15, 0.2) is 0 Å². The van der Waals surface area contributed by atoms with Crippen LogP contribution in [0.2, 0.25) is 0 Å². The van der Waals surface area contributed by atoms with Crippen LogP contribution in [-0.2, 0) is 10.2 Å². The highest BCUT2D eigenvalue weighted by Crippen LogP contribution is 2.26. The van der Waals surface area contributed by atoms with E-state index < -0.39 is 10.2 Å². The molecule has 0 bridgehead atoms. The van der Waals surface area contributed by atoms with Crippen LogP contribution in [0.5, 0.6) is 0 Å². The summed E-state index contributed by atoms with van der Waals surface area (Å²) < 4.78 is 29.3. The van der Waals surface area contributed by atoms with Gasteiger partial charge in [-0.2, -0.15) is 12.7 Å². The van der Waals surface area contributed by atoms with E-state index in [1.54, 1.807) is 0 Å². The second kappa shape index (κ2) is 6.04. The molecule has 4 nitrogen and oxygen atoms in total. The number of aryl methyl sites for hydroxylation is 2. The molecule has 1 aromatic carbocycles. The van der Waals surface area contributed by atoms with Gasteiger partial charge in [0.2, 0.25) is 0 Å². The largest absolute Gasteiger partial charge is 0.301 e. The molecule has 18 heavy (non-hydrogen) atoms. The van der Waals surface area contributed by atoms with Crippen LogP contribution in [0.1, 0.15) is 25.0 Å². The lowest BCUT2D eigenvalue weighted by atomic mass is 10.1. The number of nitrogens with zero attached hydrogens (tertiary/aromatic N) is 1. The fraction of sp³-hybridized carbons (Fsp3) is 0.500. The summed E-state index contributed by atoms with van der Waals surface area (Å²) in [5, 5.41) is 0. The lowest BCUT2D eigenvalue weighted by Crippen LogP contribution is -2.35. The van der Waals surface area contributed by atoms with Gasteiger partial charge in [-0.3, -0.25) is 4.72 Å². The van der Waals surface area contributed by atoms with E-state index in [9.17, 15) is 8.42 Å². The van der Waals surface area contributed by atoms with Crippen LogP contribution in [-0.4, -0.2) is 25.8 Å². The third kappa shape index (κ3) is 3.46. The molecule has 0 radical (unpaired) electrons. The van der Waals surface area contributed by atoms with Gasteiger partial charge in [-0.15, -0.1) is 0 Å². The Labute approximate surface area is 118 Å². The molecule has 1 aromatic rings. The first kappa shape index (κ1) is 15.5. The zero-order chi connectivity index (χ0) is 13.9. The molecule has 0 saturated carbocycles. The summed E-state index contributed by atoms with van der Waals surface area (Å²) in [6, 6.07) is 3.79. The Morgan fingerprint density at radius 3 is 2.00 bits per heavy atom. The molecule has 0 fully saturated rings. The minimum atomic E-state index is -3.47. The summed E-state index contributed by atoms with van der Waals surface area (Å²) in [6.45, 7) is 8.34. The van der Waals surface area contributed by atoms with Gasteiger partial charge in [0.1, 0.15) is 0 Å². The van der Waals surface area contributed by atoms with Crippen LogP contribution < -0.4 is 4.72 Å². The first-order chi connectivity index (χ1) is 8.31. The van der Waals surface area contributed by atoms with Gasteiger partial charge in [-0.05, 0) is 37.1 Å². The van der Waals surface area contributed by atoms with Crippen LogP contribution >= 0.6 is 15.9 Å². The maximum Gasteiger partial charge on any atom is 0.301 e. The molecule has 0 amide bonds. The standard InChI is InChI=1S/C12H19BrN2O2S/c1-5-15(6-2)18(16,17)14-12-9(3)7-11(13)8-10(12)4/h7-8,14H,5-6H2,1-4H3. The summed E-state index contributed by atoms with van der Waals surface area (Å²) in [5.41, 5.74) is 2.46. The Kier molecular flexibility index (Phi) is 5.19. The third-order valence-electron chi connectivity index (χ3n) is 2.77. The first-order valence-corrected chi connectivity index (χ1v) is 8.09. The molecule has 0 atom stereocenters. The van der Waals surface area contributed by atoms with Crippen molar-refractivity contribution in [1.82, 2.24) is 4.31 Å². The minimum Gasteiger partial charge on any atom is -0.270 e. The zero-order valence-electron chi connectivity index (χ0n) is 11.1. The van der Waals surface area contributed by atoms with Crippen molar-refractivity contribution in [3.63, 3.8) is 0 Å². The second-order valence-corrected chi connectivity index (χ2v) is 6.69. The number of hydrogen-bond donors (Lipinski definition) is 1. The Hall–Kier alpha value is -0.590. The summed E-state index contributed by atoms with van der Waals surface area (Å²) in [5.74, 6) is 0. The minimum absolute atomic E-state index is 0.459. The summed E-state index contributed by atoms with van der Waals surface area (Å²) in [7, 11) is -3.47. The van der Waals surface area contributed by atoms with Gasteiger partial charge >= 0.3 is 10.2 Å². The maximum atomic E-state index is 12.2. The van der Waals surface area contributed by atoms with E-state index in [-0.39, 0.29) is 0 Å². The molecular formula is C12H19BrN2O2S. The van der Waals surface area contributed by atoms with Gasteiger partial charge in [0, 0.05) is 17.6 Å². The van der Waals surface area contributed by atoms with Crippen LogP contribution in [0.4, 0.5) is 5.69 Å². The number of rotatable bonds is 5.